The fourth-order valence-electron chi connectivity index (χ4n) is 3.75. The van der Waals surface area contributed by atoms with Gasteiger partial charge in [-0.3, -0.25) is 0 Å². The maximum Gasteiger partial charge on any atom is 0.343 e. The van der Waals surface area contributed by atoms with Crippen molar-refractivity contribution in [2.24, 2.45) is 0 Å². The normalized spacial score (nSPS) is 14.5. The number of alkyl halides is 2. The van der Waals surface area contributed by atoms with E-state index in [0.29, 0.717) is 17.1 Å². The predicted molar refractivity (Wildman–Crippen MR) is 143 cm³/mol. The van der Waals surface area contributed by atoms with Gasteiger partial charge in [0.15, 0.2) is 0 Å². The van der Waals surface area contributed by atoms with Crippen LogP contribution in [0.1, 0.15) is 50.9 Å². The summed E-state index contributed by atoms with van der Waals surface area (Å²) in [6, 6.07) is 22.2. The first-order valence-corrected chi connectivity index (χ1v) is 12.7. The maximum atomic E-state index is 12.6. The van der Waals surface area contributed by atoms with E-state index in [1.54, 1.807) is 36.4 Å². The number of halogens is 2. The van der Waals surface area contributed by atoms with Crippen LogP contribution in [-0.4, -0.2) is 28.9 Å². The van der Waals surface area contributed by atoms with E-state index < -0.39 is 5.97 Å². The smallest absolute Gasteiger partial charge is 0.343 e. The zero-order valence-corrected chi connectivity index (χ0v) is 22.1. The molecule has 0 aliphatic rings. The van der Waals surface area contributed by atoms with E-state index in [4.69, 9.17) is 37.4 Å². The van der Waals surface area contributed by atoms with E-state index in [2.05, 4.69) is 0 Å². The van der Waals surface area contributed by atoms with Gasteiger partial charge in [-0.1, -0.05) is 24.3 Å². The standard InChI is InChI=1S/C29H32Cl2O4/c1-19(30)17-21(3)33-26-11-9-24(10-12-26)23-5-7-25(8-6-23)29(32)35-28-15-13-27(14-16-28)34-22(4)18-20(2)31/h5-16,19-22H,17-18H2,1-4H3/t19-,20-,21-,22-/m0/s1. The lowest BCUT2D eigenvalue weighted by atomic mass is 10.0. The minimum absolute atomic E-state index is 0.00131. The van der Waals surface area contributed by atoms with Gasteiger partial charge in [-0.25, -0.2) is 4.79 Å². The third-order valence-corrected chi connectivity index (χ3v) is 5.69. The molecule has 0 saturated carbocycles. The minimum atomic E-state index is -0.416. The number of benzene rings is 3. The van der Waals surface area contributed by atoms with Crippen molar-refractivity contribution in [2.45, 2.75) is 63.5 Å². The van der Waals surface area contributed by atoms with Crippen molar-refractivity contribution in [3.8, 4) is 28.4 Å². The molecule has 0 heterocycles. The van der Waals surface area contributed by atoms with Crippen LogP contribution in [0.2, 0.25) is 0 Å². The topological polar surface area (TPSA) is 44.8 Å². The molecule has 0 spiro atoms. The van der Waals surface area contributed by atoms with Crippen LogP contribution in [0.25, 0.3) is 11.1 Å². The van der Waals surface area contributed by atoms with Crippen molar-refractivity contribution in [1.82, 2.24) is 0 Å². The summed E-state index contributed by atoms with van der Waals surface area (Å²) in [6.07, 6.45) is 1.58. The molecule has 0 bridgehead atoms. The Bertz CT molecular complexity index is 1060. The minimum Gasteiger partial charge on any atom is -0.491 e. The third kappa shape index (κ3) is 8.79. The second-order valence-electron chi connectivity index (χ2n) is 8.85. The van der Waals surface area contributed by atoms with E-state index in [-0.39, 0.29) is 23.0 Å². The van der Waals surface area contributed by atoms with E-state index in [0.717, 1.165) is 29.7 Å². The molecule has 3 aromatic carbocycles. The number of ether oxygens (including phenoxy) is 3. The van der Waals surface area contributed by atoms with Gasteiger partial charge >= 0.3 is 5.97 Å². The van der Waals surface area contributed by atoms with Crippen molar-refractivity contribution in [3.63, 3.8) is 0 Å². The summed E-state index contributed by atoms with van der Waals surface area (Å²) in [6.45, 7) is 7.88. The molecule has 0 amide bonds. The van der Waals surface area contributed by atoms with Crippen molar-refractivity contribution >= 4 is 29.2 Å². The zero-order chi connectivity index (χ0) is 25.4. The molecule has 6 heteroatoms. The van der Waals surface area contributed by atoms with Crippen LogP contribution in [-0.2, 0) is 0 Å². The molecule has 35 heavy (non-hydrogen) atoms. The van der Waals surface area contributed by atoms with E-state index in [1.807, 2.05) is 64.1 Å². The molecule has 0 saturated heterocycles. The van der Waals surface area contributed by atoms with Gasteiger partial charge in [0.25, 0.3) is 0 Å². The summed E-state index contributed by atoms with van der Waals surface area (Å²) in [4.78, 5) is 12.6. The molecular formula is C29H32Cl2O4. The Hall–Kier alpha value is -2.69. The van der Waals surface area contributed by atoms with Crippen LogP contribution >= 0.6 is 23.2 Å². The molecule has 186 valence electrons. The van der Waals surface area contributed by atoms with Crippen molar-refractivity contribution in [2.75, 3.05) is 0 Å². The lowest BCUT2D eigenvalue weighted by Gasteiger charge is -2.16. The lowest BCUT2D eigenvalue weighted by molar-refractivity contribution is 0.0734. The molecule has 3 rings (SSSR count). The Morgan fingerprint density at radius 3 is 1.43 bits per heavy atom. The summed E-state index contributed by atoms with van der Waals surface area (Å²) < 4.78 is 17.2. The van der Waals surface area contributed by atoms with Gasteiger partial charge in [0.05, 0.1) is 17.8 Å². The van der Waals surface area contributed by atoms with Gasteiger partial charge in [0, 0.05) is 23.6 Å². The van der Waals surface area contributed by atoms with Gasteiger partial charge in [-0.2, -0.15) is 0 Å². The van der Waals surface area contributed by atoms with E-state index >= 15 is 0 Å². The van der Waals surface area contributed by atoms with E-state index in [1.165, 1.54) is 0 Å². The summed E-state index contributed by atoms with van der Waals surface area (Å²) >= 11 is 12.1. The molecule has 0 radical (unpaired) electrons. The van der Waals surface area contributed by atoms with Crippen LogP contribution in [0, 0.1) is 0 Å². The lowest BCUT2D eigenvalue weighted by Crippen LogP contribution is -2.15. The molecule has 0 aliphatic carbocycles. The molecule has 0 fully saturated rings. The molecule has 4 nitrogen and oxygen atoms in total. The molecule has 4 atom stereocenters. The average molecular weight is 515 g/mol. The summed E-state index contributed by atoms with van der Waals surface area (Å²) in [5.41, 5.74) is 2.50. The molecule has 0 unspecified atom stereocenters. The largest absolute Gasteiger partial charge is 0.491 e. The van der Waals surface area contributed by atoms with Gasteiger partial charge in [-0.15, -0.1) is 23.2 Å². The SMILES string of the molecule is C[C@H](Cl)C[C@H](C)Oc1ccc(OC(=O)c2ccc(-c3ccc(O[C@@H](C)C[C@H](C)Cl)cc3)cc2)cc1. The first-order chi connectivity index (χ1) is 16.7. The van der Waals surface area contributed by atoms with Crippen LogP contribution < -0.4 is 14.2 Å². The van der Waals surface area contributed by atoms with Crippen molar-refractivity contribution in [1.29, 1.82) is 0 Å². The van der Waals surface area contributed by atoms with Crippen LogP contribution in [0.5, 0.6) is 17.2 Å². The molecule has 0 N–H and O–H groups in total. The highest BCUT2D eigenvalue weighted by Crippen LogP contribution is 2.25. The highest BCUT2D eigenvalue weighted by atomic mass is 35.5. The van der Waals surface area contributed by atoms with E-state index in [9.17, 15) is 4.79 Å². The van der Waals surface area contributed by atoms with Gasteiger partial charge in [-0.05, 0) is 87.4 Å². The van der Waals surface area contributed by atoms with Crippen LogP contribution in [0.4, 0.5) is 0 Å². The second kappa shape index (κ2) is 12.9. The molecule has 3 aromatic rings. The predicted octanol–water partition coefficient (Wildman–Crippen LogP) is 8.14. The Kier molecular flexibility index (Phi) is 9.88. The highest BCUT2D eigenvalue weighted by molar-refractivity contribution is 6.20. The Morgan fingerprint density at radius 2 is 1.00 bits per heavy atom. The highest BCUT2D eigenvalue weighted by Gasteiger charge is 2.12. The summed E-state index contributed by atoms with van der Waals surface area (Å²) in [5.74, 6) is 1.55. The first kappa shape index (κ1) is 26.9. The number of carbonyl (C=O) groups is 1. The fourth-order valence-corrected chi connectivity index (χ4v) is 4.25. The fraction of sp³-hybridized carbons (Fsp3) is 0.345. The Morgan fingerprint density at radius 1 is 0.629 bits per heavy atom. The monoisotopic (exact) mass is 514 g/mol. The average Bonchev–Trinajstić information content (AvgIpc) is 2.80. The van der Waals surface area contributed by atoms with Crippen molar-refractivity contribution in [3.05, 3.63) is 78.4 Å². The zero-order valence-electron chi connectivity index (χ0n) is 20.5. The van der Waals surface area contributed by atoms with Gasteiger partial charge < -0.3 is 14.2 Å². The molecule has 0 aliphatic heterocycles. The van der Waals surface area contributed by atoms with Gasteiger partial charge in [0.2, 0.25) is 0 Å². The summed E-state index contributed by atoms with van der Waals surface area (Å²) in [5, 5.41) is 0.117. The first-order valence-electron chi connectivity index (χ1n) is 11.8. The number of carbonyl (C=O) groups excluding carboxylic acids is 1. The van der Waals surface area contributed by atoms with Crippen LogP contribution in [0.3, 0.4) is 0 Å². The maximum absolute atomic E-state index is 12.6. The number of rotatable bonds is 11. The van der Waals surface area contributed by atoms with Crippen LogP contribution in [0.15, 0.2) is 72.8 Å². The van der Waals surface area contributed by atoms with Gasteiger partial charge in [0.1, 0.15) is 17.2 Å². The Balaban J connectivity index is 1.56. The quantitative estimate of drug-likeness (QED) is 0.147. The van der Waals surface area contributed by atoms with Crippen molar-refractivity contribution < 1.29 is 19.0 Å². The third-order valence-electron chi connectivity index (χ3n) is 5.33. The number of hydrogen-bond donors (Lipinski definition) is 0. The summed E-state index contributed by atoms with van der Waals surface area (Å²) in [7, 11) is 0. The number of esters is 1. The number of hydrogen-bond acceptors (Lipinski definition) is 4. The Labute approximate surface area is 218 Å². The molecular weight excluding hydrogens is 483 g/mol. The molecule has 0 aromatic heterocycles. The second-order valence-corrected chi connectivity index (χ2v) is 10.3.